The van der Waals surface area contributed by atoms with Gasteiger partial charge in [0.2, 0.25) is 0 Å². The molecule has 0 aliphatic heterocycles. The van der Waals surface area contributed by atoms with Crippen molar-refractivity contribution in [2.24, 2.45) is 5.92 Å². The minimum absolute atomic E-state index is 0.678. The van der Waals surface area contributed by atoms with Crippen molar-refractivity contribution in [3.63, 3.8) is 0 Å². The molecule has 2 rings (SSSR count). The molecule has 84 valence electrons. The lowest BCUT2D eigenvalue weighted by molar-refractivity contribution is 0.468. The summed E-state index contributed by atoms with van der Waals surface area (Å²) in [5.41, 5.74) is 0. The number of nitrogens with one attached hydrogen (secondary N) is 1. The summed E-state index contributed by atoms with van der Waals surface area (Å²) in [6.07, 6.45) is 5.45. The van der Waals surface area contributed by atoms with E-state index < -0.39 is 0 Å². The summed E-state index contributed by atoms with van der Waals surface area (Å²) in [5, 5.41) is 5.77. The van der Waals surface area contributed by atoms with Crippen molar-refractivity contribution in [1.29, 1.82) is 0 Å². The Hall–Kier alpha value is 0.140. The Balaban J connectivity index is 1.89. The lowest BCUT2D eigenvalue weighted by Crippen LogP contribution is -2.31. The maximum Gasteiger partial charge on any atom is 0.0314 e. The summed E-state index contributed by atoms with van der Waals surface area (Å²) < 4.78 is 1.28. The van der Waals surface area contributed by atoms with E-state index in [1.165, 1.54) is 35.0 Å². The molecule has 1 atom stereocenters. The number of halogens is 1. The van der Waals surface area contributed by atoms with Crippen LogP contribution in [-0.4, -0.2) is 12.6 Å². The topological polar surface area (TPSA) is 12.0 Å². The van der Waals surface area contributed by atoms with E-state index in [1.54, 1.807) is 0 Å². The Bertz CT molecular complexity index is 306. The second-order valence-electron chi connectivity index (χ2n) is 4.33. The van der Waals surface area contributed by atoms with Gasteiger partial charge in [0.05, 0.1) is 0 Å². The highest BCUT2D eigenvalue weighted by atomic mass is 79.9. The van der Waals surface area contributed by atoms with Crippen LogP contribution >= 0.6 is 27.3 Å². The molecule has 3 heteroatoms. The molecule has 15 heavy (non-hydrogen) atoms. The van der Waals surface area contributed by atoms with Crippen molar-refractivity contribution >= 4 is 27.3 Å². The molecule has 1 nitrogen and oxygen atoms in total. The molecule has 1 aromatic heterocycles. The van der Waals surface area contributed by atoms with Crippen LogP contribution in [0, 0.1) is 5.92 Å². The van der Waals surface area contributed by atoms with Crippen LogP contribution in [0.25, 0.3) is 0 Å². The van der Waals surface area contributed by atoms with Gasteiger partial charge in [0.15, 0.2) is 0 Å². The minimum atomic E-state index is 0.678. The normalized spacial score (nSPS) is 18.0. The molecule has 0 amide bonds. The first-order valence-electron chi connectivity index (χ1n) is 5.74. The molecular weight excluding hydrogens is 270 g/mol. The van der Waals surface area contributed by atoms with E-state index >= 15 is 0 Å². The third-order valence-corrected chi connectivity index (χ3v) is 4.88. The van der Waals surface area contributed by atoms with E-state index in [9.17, 15) is 0 Å². The Morgan fingerprint density at radius 1 is 1.60 bits per heavy atom. The lowest BCUT2D eigenvalue weighted by Gasteiger charge is -2.16. The van der Waals surface area contributed by atoms with Gasteiger partial charge in [-0.15, -0.1) is 11.3 Å². The number of hydrogen-bond acceptors (Lipinski definition) is 2. The molecule has 1 aromatic rings. The van der Waals surface area contributed by atoms with Crippen molar-refractivity contribution in [3.05, 3.63) is 20.8 Å². The van der Waals surface area contributed by atoms with E-state index in [-0.39, 0.29) is 0 Å². The molecule has 0 spiro atoms. The molecular formula is C12H18BrNS. The summed E-state index contributed by atoms with van der Waals surface area (Å²) >= 11 is 5.47. The maximum absolute atomic E-state index is 3.61. The predicted octanol–water partition coefficient (Wildman–Crippen LogP) is 3.83. The van der Waals surface area contributed by atoms with Crippen molar-refractivity contribution in [2.75, 3.05) is 6.54 Å². The highest BCUT2D eigenvalue weighted by Gasteiger charge is 2.25. The fourth-order valence-electron chi connectivity index (χ4n) is 1.98. The van der Waals surface area contributed by atoms with E-state index in [0.29, 0.717) is 6.04 Å². The van der Waals surface area contributed by atoms with E-state index in [2.05, 4.69) is 39.6 Å². The zero-order valence-electron chi connectivity index (χ0n) is 9.13. The van der Waals surface area contributed by atoms with Crippen LogP contribution in [0.1, 0.15) is 31.1 Å². The zero-order valence-corrected chi connectivity index (χ0v) is 11.5. The molecule has 1 unspecified atom stereocenters. The summed E-state index contributed by atoms with van der Waals surface area (Å²) in [4.78, 5) is 1.49. The molecule has 1 aliphatic rings. The van der Waals surface area contributed by atoms with Gasteiger partial charge in [0, 0.05) is 15.4 Å². The van der Waals surface area contributed by atoms with E-state index in [1.807, 2.05) is 11.3 Å². The fraction of sp³-hybridized carbons (Fsp3) is 0.667. The highest BCUT2D eigenvalue weighted by Crippen LogP contribution is 2.35. The summed E-state index contributed by atoms with van der Waals surface area (Å²) in [7, 11) is 0. The van der Waals surface area contributed by atoms with Gasteiger partial charge >= 0.3 is 0 Å². The first-order valence-corrected chi connectivity index (χ1v) is 7.42. The third kappa shape index (κ3) is 3.58. The standard InChI is InChI=1S/C12H18BrNS/c1-2-14-10(7-9-3-4-9)8-12-11(13)5-6-15-12/h5-6,9-10,14H,2-4,7-8H2,1H3. The summed E-state index contributed by atoms with van der Waals surface area (Å²) in [6.45, 7) is 3.28. The van der Waals surface area contributed by atoms with Gasteiger partial charge in [-0.25, -0.2) is 0 Å². The van der Waals surface area contributed by atoms with E-state index in [0.717, 1.165) is 12.5 Å². The van der Waals surface area contributed by atoms with Crippen molar-refractivity contribution in [1.82, 2.24) is 5.32 Å². The Morgan fingerprint density at radius 2 is 2.40 bits per heavy atom. The van der Waals surface area contributed by atoms with Crippen molar-refractivity contribution in [3.8, 4) is 0 Å². The Labute approximate surface area is 104 Å². The summed E-state index contributed by atoms with van der Waals surface area (Å²) in [6, 6.07) is 2.83. The molecule has 1 N–H and O–H groups in total. The predicted molar refractivity (Wildman–Crippen MR) is 70.5 cm³/mol. The molecule has 1 fully saturated rings. The SMILES string of the molecule is CCNC(Cc1sccc1Br)CC1CC1. The van der Waals surface area contributed by atoms with Crippen LogP contribution in [-0.2, 0) is 6.42 Å². The average molecular weight is 288 g/mol. The second kappa shape index (κ2) is 5.46. The van der Waals surface area contributed by atoms with Crippen LogP contribution in [0.5, 0.6) is 0 Å². The molecule has 0 bridgehead atoms. The quantitative estimate of drug-likeness (QED) is 0.839. The van der Waals surface area contributed by atoms with Gasteiger partial charge in [-0.2, -0.15) is 0 Å². The largest absolute Gasteiger partial charge is 0.314 e. The minimum Gasteiger partial charge on any atom is -0.314 e. The molecule has 0 aromatic carbocycles. The number of likely N-dealkylation sites (N-methyl/N-ethyl adjacent to an activating group) is 1. The zero-order chi connectivity index (χ0) is 10.7. The second-order valence-corrected chi connectivity index (χ2v) is 6.18. The van der Waals surface area contributed by atoms with Gasteiger partial charge in [-0.3, -0.25) is 0 Å². The van der Waals surface area contributed by atoms with Crippen LogP contribution in [0.3, 0.4) is 0 Å². The third-order valence-electron chi connectivity index (χ3n) is 2.93. The molecule has 1 saturated carbocycles. The highest BCUT2D eigenvalue weighted by molar-refractivity contribution is 9.10. The van der Waals surface area contributed by atoms with Crippen LogP contribution in [0.15, 0.2) is 15.9 Å². The maximum atomic E-state index is 3.61. The van der Waals surface area contributed by atoms with Crippen molar-refractivity contribution < 1.29 is 0 Å². The Morgan fingerprint density at radius 3 is 2.93 bits per heavy atom. The smallest absolute Gasteiger partial charge is 0.0314 e. The van der Waals surface area contributed by atoms with Gasteiger partial charge < -0.3 is 5.32 Å². The first kappa shape index (κ1) is 11.6. The van der Waals surface area contributed by atoms with Crippen LogP contribution in [0.4, 0.5) is 0 Å². The molecule has 1 aliphatic carbocycles. The Kier molecular flexibility index (Phi) is 4.23. The number of rotatable bonds is 6. The molecule has 0 saturated heterocycles. The fourth-order valence-corrected chi connectivity index (χ4v) is 3.57. The van der Waals surface area contributed by atoms with Crippen LogP contribution < -0.4 is 5.32 Å². The number of hydrogen-bond donors (Lipinski definition) is 1. The van der Waals surface area contributed by atoms with Crippen molar-refractivity contribution in [2.45, 2.75) is 38.6 Å². The number of thiophene rings is 1. The molecule has 0 radical (unpaired) electrons. The van der Waals surface area contributed by atoms with Gasteiger partial charge in [0.25, 0.3) is 0 Å². The van der Waals surface area contributed by atoms with Gasteiger partial charge in [-0.05, 0) is 52.7 Å². The van der Waals surface area contributed by atoms with E-state index in [4.69, 9.17) is 0 Å². The molecule has 1 heterocycles. The average Bonchev–Trinajstić information content (AvgIpc) is 2.92. The van der Waals surface area contributed by atoms with Gasteiger partial charge in [0.1, 0.15) is 0 Å². The van der Waals surface area contributed by atoms with Crippen LogP contribution in [0.2, 0.25) is 0 Å². The summed E-state index contributed by atoms with van der Waals surface area (Å²) in [5.74, 6) is 1.01. The lowest BCUT2D eigenvalue weighted by atomic mass is 10.1. The first-order chi connectivity index (χ1) is 7.29. The van der Waals surface area contributed by atoms with Gasteiger partial charge in [-0.1, -0.05) is 19.8 Å². The monoisotopic (exact) mass is 287 g/mol.